The quantitative estimate of drug-likeness (QED) is 0.506. The molecule has 1 aromatic heterocycles. The van der Waals surface area contributed by atoms with Crippen LogP contribution in [0.3, 0.4) is 0 Å². The highest BCUT2D eigenvalue weighted by atomic mass is 32.2. The average Bonchev–Trinajstić information content (AvgIpc) is 3.38. The zero-order valence-corrected chi connectivity index (χ0v) is 18.8. The molecule has 1 aliphatic heterocycles. The van der Waals surface area contributed by atoms with E-state index in [0.717, 1.165) is 76.8 Å². The van der Waals surface area contributed by atoms with Crippen LogP contribution in [-0.4, -0.2) is 67.6 Å². The molecule has 8 heteroatoms. The number of imidazole rings is 1. The number of rotatable bonds is 11. The number of piperidine rings is 1. The van der Waals surface area contributed by atoms with Crippen molar-refractivity contribution < 1.29 is 17.9 Å². The van der Waals surface area contributed by atoms with Crippen LogP contribution in [0.1, 0.15) is 64.0 Å². The highest BCUT2D eigenvalue weighted by Crippen LogP contribution is 2.30. The van der Waals surface area contributed by atoms with Gasteiger partial charge in [0.2, 0.25) is 15.0 Å². The van der Waals surface area contributed by atoms with Gasteiger partial charge in [-0.15, -0.1) is 0 Å². The summed E-state index contributed by atoms with van der Waals surface area (Å²) in [6.45, 7) is 6.79. The lowest BCUT2D eigenvalue weighted by molar-refractivity contribution is -0.00284. The molecule has 0 spiro atoms. The largest absolute Gasteiger partial charge is 0.385 e. The van der Waals surface area contributed by atoms with Crippen molar-refractivity contribution in [3.05, 3.63) is 11.9 Å². The Bertz CT molecular complexity index is 728. The van der Waals surface area contributed by atoms with Gasteiger partial charge in [0, 0.05) is 40.0 Å². The zero-order chi connectivity index (χ0) is 20.7. The third kappa shape index (κ3) is 5.81. The van der Waals surface area contributed by atoms with E-state index in [1.165, 1.54) is 0 Å². The molecule has 29 heavy (non-hydrogen) atoms. The van der Waals surface area contributed by atoms with Gasteiger partial charge in [0.25, 0.3) is 0 Å². The third-order valence-electron chi connectivity index (χ3n) is 6.03. The van der Waals surface area contributed by atoms with E-state index in [4.69, 9.17) is 9.47 Å². The predicted molar refractivity (Wildman–Crippen MR) is 113 cm³/mol. The molecular formula is C21H37N3O4S. The summed E-state index contributed by atoms with van der Waals surface area (Å²) in [7, 11) is -1.71. The van der Waals surface area contributed by atoms with E-state index in [9.17, 15) is 8.42 Å². The first-order chi connectivity index (χ1) is 14.1. The maximum atomic E-state index is 13.2. The number of sulfone groups is 1. The Labute approximate surface area is 175 Å². The molecule has 1 aromatic rings. The fourth-order valence-electron chi connectivity index (χ4n) is 4.51. The van der Waals surface area contributed by atoms with E-state index < -0.39 is 9.84 Å². The molecule has 1 saturated heterocycles. The highest BCUT2D eigenvalue weighted by molar-refractivity contribution is 7.91. The lowest BCUT2D eigenvalue weighted by Gasteiger charge is -2.32. The summed E-state index contributed by atoms with van der Waals surface area (Å²) in [5, 5.41) is -0.0213. The van der Waals surface area contributed by atoms with Crippen molar-refractivity contribution in [2.24, 2.45) is 0 Å². The number of hydrogen-bond donors (Lipinski definition) is 0. The van der Waals surface area contributed by atoms with E-state index in [-0.39, 0.29) is 16.5 Å². The SMILES string of the molecule is CCCO[C@@H]1CCCN(Cc2cnc(S(=O)(=O)C3CCCC3)n2CCCOC)C1. The van der Waals surface area contributed by atoms with Crippen molar-refractivity contribution in [3.63, 3.8) is 0 Å². The molecule has 1 aliphatic carbocycles. The van der Waals surface area contributed by atoms with Crippen molar-refractivity contribution in [1.82, 2.24) is 14.5 Å². The van der Waals surface area contributed by atoms with Gasteiger partial charge in [-0.1, -0.05) is 19.8 Å². The molecule has 3 rings (SSSR count). The van der Waals surface area contributed by atoms with Crippen LogP contribution in [0, 0.1) is 0 Å². The summed E-state index contributed by atoms with van der Waals surface area (Å²) >= 11 is 0. The van der Waals surface area contributed by atoms with Gasteiger partial charge in [0.05, 0.1) is 23.2 Å². The molecule has 166 valence electrons. The van der Waals surface area contributed by atoms with Crippen molar-refractivity contribution in [3.8, 4) is 0 Å². The van der Waals surface area contributed by atoms with E-state index in [1.807, 2.05) is 4.57 Å². The van der Waals surface area contributed by atoms with Crippen LogP contribution in [0.5, 0.6) is 0 Å². The third-order valence-corrected chi connectivity index (χ3v) is 8.22. The van der Waals surface area contributed by atoms with Crippen LogP contribution in [0.4, 0.5) is 0 Å². The number of nitrogens with zero attached hydrogens (tertiary/aromatic N) is 3. The maximum absolute atomic E-state index is 13.2. The van der Waals surface area contributed by atoms with Gasteiger partial charge in [0.1, 0.15) is 0 Å². The minimum Gasteiger partial charge on any atom is -0.385 e. The average molecular weight is 428 g/mol. The number of ether oxygens (including phenoxy) is 2. The molecule has 0 radical (unpaired) electrons. The highest BCUT2D eigenvalue weighted by Gasteiger charge is 2.34. The van der Waals surface area contributed by atoms with Crippen LogP contribution in [0.2, 0.25) is 0 Å². The first-order valence-electron chi connectivity index (χ1n) is 11.2. The molecule has 0 aromatic carbocycles. The fraction of sp³-hybridized carbons (Fsp3) is 0.857. The van der Waals surface area contributed by atoms with Gasteiger partial charge in [-0.05, 0) is 45.1 Å². The monoisotopic (exact) mass is 427 g/mol. The first kappa shape index (κ1) is 22.7. The Hall–Kier alpha value is -0.960. The Morgan fingerprint density at radius 3 is 2.69 bits per heavy atom. The lowest BCUT2D eigenvalue weighted by Crippen LogP contribution is -2.39. The molecule has 2 heterocycles. The number of methoxy groups -OCH3 is 1. The van der Waals surface area contributed by atoms with Crippen LogP contribution in [-0.2, 0) is 32.4 Å². The summed E-state index contributed by atoms with van der Waals surface area (Å²) in [6, 6.07) is 0. The molecule has 7 nitrogen and oxygen atoms in total. The molecular weight excluding hydrogens is 390 g/mol. The standard InChI is InChI=1S/C21H37N3O4S/c1-3-13-28-19-8-6-11-23(17-19)16-18-15-22-21(24(18)12-7-14-27-2)29(25,26)20-9-4-5-10-20/h15,19-20H,3-14,16-17H2,1-2H3/t19-/m1/s1. The summed E-state index contributed by atoms with van der Waals surface area (Å²) < 4.78 is 39.5. The van der Waals surface area contributed by atoms with Crippen molar-refractivity contribution in [2.45, 2.75) is 87.9 Å². The molecule has 1 atom stereocenters. The van der Waals surface area contributed by atoms with Crippen molar-refractivity contribution in [1.29, 1.82) is 0 Å². The molecule has 0 bridgehead atoms. The molecule has 0 amide bonds. The maximum Gasteiger partial charge on any atom is 0.228 e. The lowest BCUT2D eigenvalue weighted by atomic mass is 10.1. The predicted octanol–water partition coefficient (Wildman–Crippen LogP) is 3.03. The number of likely N-dealkylation sites (tertiary alicyclic amines) is 1. The number of hydrogen-bond acceptors (Lipinski definition) is 6. The topological polar surface area (TPSA) is 73.7 Å². The normalized spacial score (nSPS) is 21.8. The Morgan fingerprint density at radius 2 is 1.97 bits per heavy atom. The van der Waals surface area contributed by atoms with E-state index in [1.54, 1.807) is 13.3 Å². The van der Waals surface area contributed by atoms with Crippen LogP contribution in [0.25, 0.3) is 0 Å². The second-order valence-electron chi connectivity index (χ2n) is 8.35. The van der Waals surface area contributed by atoms with Gasteiger partial charge >= 0.3 is 0 Å². The van der Waals surface area contributed by atoms with Crippen molar-refractivity contribution in [2.75, 3.05) is 33.4 Å². The summed E-state index contributed by atoms with van der Waals surface area (Å²) in [6.07, 6.45) is 9.56. The van der Waals surface area contributed by atoms with Crippen molar-refractivity contribution >= 4 is 9.84 Å². The summed E-state index contributed by atoms with van der Waals surface area (Å²) in [4.78, 5) is 6.80. The van der Waals surface area contributed by atoms with Gasteiger partial charge in [-0.25, -0.2) is 13.4 Å². The smallest absolute Gasteiger partial charge is 0.228 e. The van der Waals surface area contributed by atoms with E-state index >= 15 is 0 Å². The zero-order valence-electron chi connectivity index (χ0n) is 18.0. The molecule has 2 aliphatic rings. The van der Waals surface area contributed by atoms with Gasteiger partial charge < -0.3 is 14.0 Å². The van der Waals surface area contributed by atoms with E-state index in [2.05, 4.69) is 16.8 Å². The second-order valence-corrected chi connectivity index (χ2v) is 10.5. The Kier molecular flexibility index (Phi) is 8.53. The van der Waals surface area contributed by atoms with Gasteiger partial charge in [-0.3, -0.25) is 4.90 Å². The Balaban J connectivity index is 1.76. The number of aromatic nitrogens is 2. The molecule has 2 fully saturated rings. The molecule has 1 saturated carbocycles. The first-order valence-corrected chi connectivity index (χ1v) is 12.7. The van der Waals surface area contributed by atoms with Crippen LogP contribution < -0.4 is 0 Å². The van der Waals surface area contributed by atoms with Gasteiger partial charge in [0.15, 0.2) is 0 Å². The van der Waals surface area contributed by atoms with E-state index in [0.29, 0.717) is 19.7 Å². The van der Waals surface area contributed by atoms with Crippen LogP contribution in [0.15, 0.2) is 11.4 Å². The fourth-order valence-corrected chi connectivity index (χ4v) is 6.47. The second kappa shape index (κ2) is 10.9. The molecule has 0 N–H and O–H groups in total. The minimum atomic E-state index is -3.38. The summed E-state index contributed by atoms with van der Waals surface area (Å²) in [5.74, 6) is 0. The summed E-state index contributed by atoms with van der Waals surface area (Å²) in [5.41, 5.74) is 0.980. The van der Waals surface area contributed by atoms with Crippen LogP contribution >= 0.6 is 0 Å². The Morgan fingerprint density at radius 1 is 1.17 bits per heavy atom. The molecule has 0 unspecified atom stereocenters. The minimum absolute atomic E-state index is 0.256. The van der Waals surface area contributed by atoms with Gasteiger partial charge in [-0.2, -0.15) is 0 Å².